The third-order valence-corrected chi connectivity index (χ3v) is 3.88. The van der Waals surface area contributed by atoms with E-state index in [-0.39, 0.29) is 12.0 Å². The smallest absolute Gasteiger partial charge is 0.410 e. The van der Waals surface area contributed by atoms with Crippen LogP contribution in [0, 0.1) is 5.92 Å². The van der Waals surface area contributed by atoms with Crippen LogP contribution in [-0.2, 0) is 16.1 Å². The van der Waals surface area contributed by atoms with Gasteiger partial charge in [0.2, 0.25) is 5.91 Å². The Hall–Kier alpha value is -2.04. The van der Waals surface area contributed by atoms with E-state index in [9.17, 15) is 9.59 Å². The van der Waals surface area contributed by atoms with Crippen molar-refractivity contribution in [2.75, 3.05) is 13.1 Å². The zero-order valence-corrected chi connectivity index (χ0v) is 12.2. The van der Waals surface area contributed by atoms with Crippen molar-refractivity contribution >= 4 is 12.0 Å². The molecule has 2 amide bonds. The van der Waals surface area contributed by atoms with E-state index in [2.05, 4.69) is 0 Å². The minimum Gasteiger partial charge on any atom is -0.445 e. The summed E-state index contributed by atoms with van der Waals surface area (Å²) in [6.45, 7) is 1.69. The molecule has 1 fully saturated rings. The van der Waals surface area contributed by atoms with E-state index in [1.165, 1.54) is 0 Å². The molecular formula is C16H22N2O3. The molecule has 0 radical (unpaired) electrons. The second-order valence-corrected chi connectivity index (χ2v) is 5.48. The van der Waals surface area contributed by atoms with Crippen LogP contribution in [0.3, 0.4) is 0 Å². The molecule has 0 saturated carbocycles. The topological polar surface area (TPSA) is 72.6 Å². The number of likely N-dealkylation sites (tertiary alicyclic amines) is 1. The first-order valence-electron chi connectivity index (χ1n) is 7.39. The normalized spacial score (nSPS) is 15.7. The average Bonchev–Trinajstić information content (AvgIpc) is 2.52. The predicted octanol–water partition coefficient (Wildman–Crippen LogP) is 2.30. The van der Waals surface area contributed by atoms with E-state index in [1.54, 1.807) is 4.90 Å². The van der Waals surface area contributed by atoms with Crippen molar-refractivity contribution in [1.82, 2.24) is 4.90 Å². The van der Waals surface area contributed by atoms with Gasteiger partial charge in [-0.3, -0.25) is 4.79 Å². The van der Waals surface area contributed by atoms with Crippen LogP contribution in [0.5, 0.6) is 0 Å². The molecule has 21 heavy (non-hydrogen) atoms. The van der Waals surface area contributed by atoms with Crippen LogP contribution in [0.1, 0.15) is 31.2 Å². The maximum Gasteiger partial charge on any atom is 0.410 e. The van der Waals surface area contributed by atoms with Crippen LogP contribution in [0.2, 0.25) is 0 Å². The summed E-state index contributed by atoms with van der Waals surface area (Å²) in [4.78, 5) is 24.5. The van der Waals surface area contributed by atoms with Crippen LogP contribution in [-0.4, -0.2) is 30.0 Å². The molecule has 1 aromatic carbocycles. The molecule has 5 heteroatoms. The summed E-state index contributed by atoms with van der Waals surface area (Å²) in [5.74, 6) is 0.232. The summed E-state index contributed by atoms with van der Waals surface area (Å²) in [5, 5.41) is 0. The first-order valence-corrected chi connectivity index (χ1v) is 7.39. The van der Waals surface area contributed by atoms with Gasteiger partial charge in [-0.25, -0.2) is 4.79 Å². The van der Waals surface area contributed by atoms with Gasteiger partial charge in [-0.1, -0.05) is 30.3 Å². The molecule has 0 spiro atoms. The summed E-state index contributed by atoms with van der Waals surface area (Å²) in [7, 11) is 0. The van der Waals surface area contributed by atoms with Crippen LogP contribution in [0.4, 0.5) is 4.79 Å². The van der Waals surface area contributed by atoms with Gasteiger partial charge >= 0.3 is 6.09 Å². The largest absolute Gasteiger partial charge is 0.445 e. The highest BCUT2D eigenvalue weighted by molar-refractivity contribution is 5.73. The summed E-state index contributed by atoms with van der Waals surface area (Å²) >= 11 is 0. The highest BCUT2D eigenvalue weighted by Gasteiger charge is 2.23. The van der Waals surface area contributed by atoms with Crippen LogP contribution >= 0.6 is 0 Å². The minimum absolute atomic E-state index is 0.250. The lowest BCUT2D eigenvalue weighted by Gasteiger charge is -2.31. The lowest BCUT2D eigenvalue weighted by molar-refractivity contribution is -0.118. The fourth-order valence-electron chi connectivity index (χ4n) is 2.56. The molecule has 1 aromatic rings. The van der Waals surface area contributed by atoms with Crippen LogP contribution < -0.4 is 5.73 Å². The van der Waals surface area contributed by atoms with E-state index in [0.717, 1.165) is 24.8 Å². The molecule has 5 nitrogen and oxygen atoms in total. The quantitative estimate of drug-likeness (QED) is 0.904. The van der Waals surface area contributed by atoms with Gasteiger partial charge in [0.05, 0.1) is 0 Å². The maximum atomic E-state index is 12.0. The Bertz CT molecular complexity index is 468. The monoisotopic (exact) mass is 290 g/mol. The van der Waals surface area contributed by atoms with Crippen molar-refractivity contribution in [2.24, 2.45) is 11.7 Å². The molecule has 2 N–H and O–H groups in total. The van der Waals surface area contributed by atoms with E-state index >= 15 is 0 Å². The summed E-state index contributed by atoms with van der Waals surface area (Å²) in [6.07, 6.45) is 2.82. The molecule has 114 valence electrons. The van der Waals surface area contributed by atoms with Gasteiger partial charge in [0.15, 0.2) is 0 Å². The number of amides is 2. The molecule has 1 heterocycles. The lowest BCUT2D eigenvalue weighted by atomic mass is 9.92. The van der Waals surface area contributed by atoms with Gasteiger partial charge in [-0.2, -0.15) is 0 Å². The van der Waals surface area contributed by atoms with Crippen molar-refractivity contribution in [3.8, 4) is 0 Å². The number of piperidine rings is 1. The van der Waals surface area contributed by atoms with Gasteiger partial charge in [0.1, 0.15) is 6.61 Å². The zero-order chi connectivity index (χ0) is 15.1. The Labute approximate surface area is 125 Å². The van der Waals surface area contributed by atoms with E-state index < -0.39 is 0 Å². The first-order chi connectivity index (χ1) is 10.1. The van der Waals surface area contributed by atoms with Gasteiger partial charge in [0, 0.05) is 19.5 Å². The molecule has 2 rings (SSSR count). The van der Waals surface area contributed by atoms with Crippen molar-refractivity contribution in [3.63, 3.8) is 0 Å². The molecule has 0 unspecified atom stereocenters. The number of primary amides is 1. The average molecular weight is 290 g/mol. The second kappa shape index (κ2) is 7.67. The van der Waals surface area contributed by atoms with Gasteiger partial charge in [-0.05, 0) is 30.7 Å². The Balaban J connectivity index is 1.69. The Kier molecular flexibility index (Phi) is 5.60. The number of ether oxygens (including phenoxy) is 1. The van der Waals surface area contributed by atoms with Crippen molar-refractivity contribution < 1.29 is 14.3 Å². The molecule has 0 aliphatic carbocycles. The number of carbonyl (C=O) groups excluding carboxylic acids is 2. The molecule has 1 aliphatic rings. The van der Waals surface area contributed by atoms with E-state index in [4.69, 9.17) is 10.5 Å². The number of hydrogen-bond acceptors (Lipinski definition) is 3. The molecule has 1 saturated heterocycles. The molecule has 0 bridgehead atoms. The standard InChI is InChI=1S/C16H22N2O3/c17-15(19)7-6-13-8-10-18(11-9-13)16(20)21-12-14-4-2-1-3-5-14/h1-5,13H,6-12H2,(H2,17,19). The van der Waals surface area contributed by atoms with E-state index in [1.807, 2.05) is 30.3 Å². The number of nitrogens with zero attached hydrogens (tertiary/aromatic N) is 1. The third-order valence-electron chi connectivity index (χ3n) is 3.88. The molecule has 0 aromatic heterocycles. The lowest BCUT2D eigenvalue weighted by Crippen LogP contribution is -2.38. The Morgan fingerprint density at radius 2 is 1.86 bits per heavy atom. The highest BCUT2D eigenvalue weighted by Crippen LogP contribution is 2.22. The van der Waals surface area contributed by atoms with Gasteiger partial charge < -0.3 is 15.4 Å². The first kappa shape index (κ1) is 15.4. The predicted molar refractivity (Wildman–Crippen MR) is 79.4 cm³/mol. The Morgan fingerprint density at radius 1 is 1.19 bits per heavy atom. The number of nitrogens with two attached hydrogens (primary N) is 1. The zero-order valence-electron chi connectivity index (χ0n) is 12.2. The highest BCUT2D eigenvalue weighted by atomic mass is 16.6. The molecular weight excluding hydrogens is 268 g/mol. The second-order valence-electron chi connectivity index (χ2n) is 5.48. The fourth-order valence-corrected chi connectivity index (χ4v) is 2.56. The molecule has 0 atom stereocenters. The third kappa shape index (κ3) is 5.10. The summed E-state index contributed by atoms with van der Waals surface area (Å²) in [6, 6.07) is 9.65. The Morgan fingerprint density at radius 3 is 2.48 bits per heavy atom. The van der Waals surface area contributed by atoms with Gasteiger partial charge in [0.25, 0.3) is 0 Å². The SMILES string of the molecule is NC(=O)CCC1CCN(C(=O)OCc2ccccc2)CC1. The maximum absolute atomic E-state index is 12.0. The number of rotatable bonds is 5. The fraction of sp³-hybridized carbons (Fsp3) is 0.500. The van der Waals surface area contributed by atoms with Crippen molar-refractivity contribution in [2.45, 2.75) is 32.3 Å². The van der Waals surface area contributed by atoms with Crippen molar-refractivity contribution in [3.05, 3.63) is 35.9 Å². The molecule has 1 aliphatic heterocycles. The minimum atomic E-state index is -0.257. The summed E-state index contributed by atoms with van der Waals surface area (Å²) in [5.41, 5.74) is 6.14. The van der Waals surface area contributed by atoms with Gasteiger partial charge in [-0.15, -0.1) is 0 Å². The van der Waals surface area contributed by atoms with E-state index in [0.29, 0.717) is 32.0 Å². The number of hydrogen-bond donors (Lipinski definition) is 1. The van der Waals surface area contributed by atoms with Crippen molar-refractivity contribution in [1.29, 1.82) is 0 Å². The summed E-state index contributed by atoms with van der Waals surface area (Å²) < 4.78 is 5.31. The van der Waals surface area contributed by atoms with Crippen LogP contribution in [0.25, 0.3) is 0 Å². The number of carbonyl (C=O) groups is 2. The number of benzene rings is 1. The van der Waals surface area contributed by atoms with Crippen LogP contribution in [0.15, 0.2) is 30.3 Å².